The van der Waals surface area contributed by atoms with Crippen LogP contribution in [0.25, 0.3) is 0 Å². The van der Waals surface area contributed by atoms with Crippen LogP contribution in [0.3, 0.4) is 0 Å². The Kier molecular flexibility index (Phi) is 7.22. The summed E-state index contributed by atoms with van der Waals surface area (Å²) in [5, 5.41) is 0. The van der Waals surface area contributed by atoms with Crippen molar-refractivity contribution >= 4 is 12.1 Å². The lowest BCUT2D eigenvalue weighted by Gasteiger charge is -2.37. The number of halogens is 1. The Hall–Kier alpha value is -2.11. The Labute approximate surface area is 160 Å². The van der Waals surface area contributed by atoms with Crippen LogP contribution in [0.15, 0.2) is 24.3 Å². The first-order chi connectivity index (χ1) is 12.7. The van der Waals surface area contributed by atoms with Crippen LogP contribution in [-0.4, -0.2) is 42.3 Å². The Morgan fingerprint density at radius 3 is 2.52 bits per heavy atom. The standard InChI is InChI=1S/C21H30FNO4/c1-5-26-19(24)13-18(15-8-10-17(22)11-9-15)16-7-6-12-23(14-16)20(25)27-21(2,3)4/h8-11,16,18H,5-7,12-14H2,1-4H3. The maximum Gasteiger partial charge on any atom is 0.410 e. The first-order valence-electron chi connectivity index (χ1n) is 9.58. The van der Waals surface area contributed by atoms with Crippen molar-refractivity contribution in [2.45, 2.75) is 58.5 Å². The van der Waals surface area contributed by atoms with Gasteiger partial charge in [0.15, 0.2) is 0 Å². The van der Waals surface area contributed by atoms with Crippen LogP contribution in [-0.2, 0) is 14.3 Å². The highest BCUT2D eigenvalue weighted by Crippen LogP contribution is 2.35. The number of carbonyl (C=O) groups excluding carboxylic acids is 2. The lowest BCUT2D eigenvalue weighted by atomic mass is 9.79. The van der Waals surface area contributed by atoms with Gasteiger partial charge < -0.3 is 14.4 Å². The number of hydrogen-bond acceptors (Lipinski definition) is 4. The molecule has 0 bridgehead atoms. The Bertz CT molecular complexity index is 639. The number of hydrogen-bond donors (Lipinski definition) is 0. The molecule has 2 rings (SSSR count). The van der Waals surface area contributed by atoms with Crippen LogP contribution in [0.5, 0.6) is 0 Å². The average Bonchev–Trinajstić information content (AvgIpc) is 2.59. The number of likely N-dealkylation sites (tertiary alicyclic amines) is 1. The zero-order valence-electron chi connectivity index (χ0n) is 16.7. The molecule has 1 amide bonds. The summed E-state index contributed by atoms with van der Waals surface area (Å²) in [6.45, 7) is 8.77. The predicted molar refractivity (Wildman–Crippen MR) is 101 cm³/mol. The lowest BCUT2D eigenvalue weighted by molar-refractivity contribution is -0.144. The molecule has 1 aromatic carbocycles. The van der Waals surface area contributed by atoms with Crippen LogP contribution in [0.4, 0.5) is 9.18 Å². The smallest absolute Gasteiger partial charge is 0.410 e. The van der Waals surface area contributed by atoms with Gasteiger partial charge in [0.2, 0.25) is 0 Å². The van der Waals surface area contributed by atoms with E-state index >= 15 is 0 Å². The molecule has 1 saturated heterocycles. The molecule has 0 saturated carbocycles. The largest absolute Gasteiger partial charge is 0.466 e. The number of ether oxygens (including phenoxy) is 2. The minimum atomic E-state index is -0.550. The molecule has 1 fully saturated rings. The molecule has 5 nitrogen and oxygen atoms in total. The van der Waals surface area contributed by atoms with Gasteiger partial charge in [-0.2, -0.15) is 0 Å². The minimum Gasteiger partial charge on any atom is -0.466 e. The van der Waals surface area contributed by atoms with E-state index in [1.165, 1.54) is 12.1 Å². The van der Waals surface area contributed by atoms with Crippen LogP contribution in [0, 0.1) is 11.7 Å². The van der Waals surface area contributed by atoms with Crippen molar-refractivity contribution in [3.8, 4) is 0 Å². The van der Waals surface area contributed by atoms with Gasteiger partial charge in [-0.1, -0.05) is 12.1 Å². The van der Waals surface area contributed by atoms with Gasteiger partial charge in [0.05, 0.1) is 13.0 Å². The van der Waals surface area contributed by atoms with E-state index in [1.807, 2.05) is 20.8 Å². The topological polar surface area (TPSA) is 55.8 Å². The molecule has 27 heavy (non-hydrogen) atoms. The molecule has 1 aromatic rings. The zero-order chi connectivity index (χ0) is 20.0. The molecule has 0 N–H and O–H groups in total. The summed E-state index contributed by atoms with van der Waals surface area (Å²) in [5.41, 5.74) is 0.339. The van der Waals surface area contributed by atoms with Crippen LogP contribution in [0.2, 0.25) is 0 Å². The quantitative estimate of drug-likeness (QED) is 0.707. The second-order valence-corrected chi connectivity index (χ2v) is 8.00. The van der Waals surface area contributed by atoms with E-state index in [-0.39, 0.29) is 36.1 Å². The second-order valence-electron chi connectivity index (χ2n) is 8.00. The van der Waals surface area contributed by atoms with Crippen molar-refractivity contribution < 1.29 is 23.5 Å². The van der Waals surface area contributed by atoms with E-state index in [0.717, 1.165) is 18.4 Å². The third-order valence-electron chi connectivity index (χ3n) is 4.67. The Balaban J connectivity index is 2.17. The number of esters is 1. The highest BCUT2D eigenvalue weighted by Gasteiger charge is 2.33. The van der Waals surface area contributed by atoms with Gasteiger partial charge in [-0.05, 0) is 70.1 Å². The van der Waals surface area contributed by atoms with Gasteiger partial charge in [0.25, 0.3) is 0 Å². The normalized spacial score (nSPS) is 18.7. The molecule has 1 aliphatic heterocycles. The predicted octanol–water partition coefficient (Wildman–Crippen LogP) is 4.51. The van der Waals surface area contributed by atoms with Gasteiger partial charge in [-0.3, -0.25) is 4.79 Å². The maximum atomic E-state index is 13.3. The summed E-state index contributed by atoms with van der Waals surface area (Å²) in [6.07, 6.45) is 1.61. The molecule has 0 aromatic heterocycles. The van der Waals surface area contributed by atoms with Crippen LogP contribution >= 0.6 is 0 Å². The zero-order valence-corrected chi connectivity index (χ0v) is 16.7. The van der Waals surface area contributed by atoms with Crippen molar-refractivity contribution in [3.63, 3.8) is 0 Å². The molecule has 2 unspecified atom stereocenters. The molecule has 0 radical (unpaired) electrons. The van der Waals surface area contributed by atoms with Gasteiger partial charge in [-0.25, -0.2) is 9.18 Å². The van der Waals surface area contributed by atoms with Crippen molar-refractivity contribution in [1.82, 2.24) is 4.90 Å². The number of carbonyl (C=O) groups is 2. The Morgan fingerprint density at radius 2 is 1.93 bits per heavy atom. The molecular weight excluding hydrogens is 349 g/mol. The first-order valence-corrected chi connectivity index (χ1v) is 9.58. The lowest BCUT2D eigenvalue weighted by Crippen LogP contribution is -2.44. The van der Waals surface area contributed by atoms with E-state index in [9.17, 15) is 14.0 Å². The summed E-state index contributed by atoms with van der Waals surface area (Å²) in [6, 6.07) is 6.24. The summed E-state index contributed by atoms with van der Waals surface area (Å²) in [5.74, 6) is -0.634. The van der Waals surface area contributed by atoms with Crippen molar-refractivity contribution in [3.05, 3.63) is 35.6 Å². The minimum absolute atomic E-state index is 0.0844. The number of amides is 1. The second kappa shape index (κ2) is 9.20. The van der Waals surface area contributed by atoms with Crippen molar-refractivity contribution in [1.29, 1.82) is 0 Å². The highest BCUT2D eigenvalue weighted by molar-refractivity contribution is 5.71. The fourth-order valence-electron chi connectivity index (χ4n) is 3.50. The van der Waals surface area contributed by atoms with E-state index in [0.29, 0.717) is 19.7 Å². The first kappa shape index (κ1) is 21.2. The van der Waals surface area contributed by atoms with Gasteiger partial charge in [0.1, 0.15) is 11.4 Å². The monoisotopic (exact) mass is 379 g/mol. The number of piperidine rings is 1. The van der Waals surface area contributed by atoms with E-state index in [4.69, 9.17) is 9.47 Å². The molecule has 6 heteroatoms. The van der Waals surface area contributed by atoms with Gasteiger partial charge >= 0.3 is 12.1 Å². The molecule has 0 aliphatic carbocycles. The number of nitrogens with zero attached hydrogens (tertiary/aromatic N) is 1. The SMILES string of the molecule is CCOC(=O)CC(c1ccc(F)cc1)C1CCCN(C(=O)OC(C)(C)C)C1. The van der Waals surface area contributed by atoms with Gasteiger partial charge in [0, 0.05) is 13.1 Å². The average molecular weight is 379 g/mol. The van der Waals surface area contributed by atoms with E-state index in [2.05, 4.69) is 0 Å². The van der Waals surface area contributed by atoms with Crippen molar-refractivity contribution in [2.75, 3.05) is 19.7 Å². The fourth-order valence-corrected chi connectivity index (χ4v) is 3.50. The summed E-state index contributed by atoms with van der Waals surface area (Å²) in [7, 11) is 0. The van der Waals surface area contributed by atoms with Crippen LogP contribution in [0.1, 0.15) is 58.4 Å². The molecule has 2 atom stereocenters. The molecular formula is C21H30FNO4. The summed E-state index contributed by atoms with van der Waals surface area (Å²) >= 11 is 0. The van der Waals surface area contributed by atoms with E-state index in [1.54, 1.807) is 24.0 Å². The van der Waals surface area contributed by atoms with Crippen molar-refractivity contribution in [2.24, 2.45) is 5.92 Å². The third kappa shape index (κ3) is 6.52. The highest BCUT2D eigenvalue weighted by atomic mass is 19.1. The fraction of sp³-hybridized carbons (Fsp3) is 0.619. The molecule has 1 aliphatic rings. The maximum absolute atomic E-state index is 13.3. The number of benzene rings is 1. The summed E-state index contributed by atoms with van der Waals surface area (Å²) < 4.78 is 24.0. The third-order valence-corrected chi connectivity index (χ3v) is 4.67. The number of rotatable bonds is 5. The van der Waals surface area contributed by atoms with Gasteiger partial charge in [-0.15, -0.1) is 0 Å². The van der Waals surface area contributed by atoms with E-state index < -0.39 is 5.60 Å². The Morgan fingerprint density at radius 1 is 1.26 bits per heavy atom. The molecule has 150 valence electrons. The molecule has 0 spiro atoms. The summed E-state index contributed by atoms with van der Waals surface area (Å²) in [4.78, 5) is 26.3. The molecule has 1 heterocycles. The van der Waals surface area contributed by atoms with Crippen LogP contribution < -0.4 is 0 Å².